The van der Waals surface area contributed by atoms with Crippen molar-refractivity contribution in [3.05, 3.63) is 12.2 Å². The molecule has 1 heterocycles. The van der Waals surface area contributed by atoms with Crippen LogP contribution in [0.5, 0.6) is 0 Å². The highest BCUT2D eigenvalue weighted by Crippen LogP contribution is 2.17. The van der Waals surface area contributed by atoms with Crippen molar-refractivity contribution >= 4 is 6.09 Å². The van der Waals surface area contributed by atoms with Crippen LogP contribution in [0.15, 0.2) is 12.2 Å². The van der Waals surface area contributed by atoms with E-state index < -0.39 is 5.60 Å². The van der Waals surface area contributed by atoms with Gasteiger partial charge >= 0.3 is 6.09 Å². The molecule has 1 aliphatic heterocycles. The van der Waals surface area contributed by atoms with E-state index >= 15 is 0 Å². The van der Waals surface area contributed by atoms with Gasteiger partial charge in [0, 0.05) is 13.1 Å². The summed E-state index contributed by atoms with van der Waals surface area (Å²) in [6, 6.07) is 0.0581. The second kappa shape index (κ2) is 7.97. The van der Waals surface area contributed by atoms with E-state index in [0.717, 1.165) is 19.5 Å². The molecule has 0 aromatic heterocycles. The molecule has 0 bridgehead atoms. The third kappa shape index (κ3) is 5.61. The molecule has 0 saturated carbocycles. The van der Waals surface area contributed by atoms with E-state index in [1.165, 1.54) is 12.8 Å². The van der Waals surface area contributed by atoms with Crippen molar-refractivity contribution in [1.82, 2.24) is 10.2 Å². The van der Waals surface area contributed by atoms with E-state index in [4.69, 9.17) is 9.47 Å². The zero-order chi connectivity index (χ0) is 16.0. The van der Waals surface area contributed by atoms with Crippen molar-refractivity contribution in [2.75, 3.05) is 32.8 Å². The first-order chi connectivity index (χ1) is 10.5. The lowest BCUT2D eigenvalue weighted by molar-refractivity contribution is -0.0318. The molecule has 0 spiro atoms. The highest BCUT2D eigenvalue weighted by Gasteiger charge is 2.30. The molecule has 0 aromatic carbocycles. The molecule has 0 aromatic rings. The Morgan fingerprint density at radius 2 is 2.18 bits per heavy atom. The number of nitrogens with one attached hydrogen (secondary N) is 1. The average molecular weight is 310 g/mol. The number of hydrogen-bond acceptors (Lipinski definition) is 4. The lowest BCUT2D eigenvalue weighted by atomic mass is 9.94. The number of carbonyl (C=O) groups is 1. The highest BCUT2D eigenvalue weighted by molar-refractivity contribution is 5.68. The Kier molecular flexibility index (Phi) is 6.26. The average Bonchev–Trinajstić information content (AvgIpc) is 2.47. The molecule has 0 radical (unpaired) electrons. The Labute approximate surface area is 134 Å². The van der Waals surface area contributed by atoms with Gasteiger partial charge in [0.1, 0.15) is 5.60 Å². The van der Waals surface area contributed by atoms with E-state index in [0.29, 0.717) is 25.7 Å². The van der Waals surface area contributed by atoms with Crippen LogP contribution in [0, 0.1) is 5.92 Å². The number of hydrogen-bond donors (Lipinski definition) is 1. The summed E-state index contributed by atoms with van der Waals surface area (Å²) in [5.74, 6) is 0.712. The second-order valence-corrected chi connectivity index (χ2v) is 7.21. The minimum atomic E-state index is -0.457. The fraction of sp³-hybridized carbons (Fsp3) is 0.824. The Hall–Kier alpha value is -1.07. The largest absolute Gasteiger partial charge is 0.444 e. The minimum absolute atomic E-state index is 0.0581. The number of carbonyl (C=O) groups excluding carboxylic acids is 1. The predicted molar refractivity (Wildman–Crippen MR) is 86.9 cm³/mol. The molecule has 1 N–H and O–H groups in total. The summed E-state index contributed by atoms with van der Waals surface area (Å²) in [7, 11) is 0. The van der Waals surface area contributed by atoms with Gasteiger partial charge in [0.25, 0.3) is 0 Å². The van der Waals surface area contributed by atoms with Gasteiger partial charge in [-0.05, 0) is 52.5 Å². The molecule has 5 heteroatoms. The Balaban J connectivity index is 1.79. The van der Waals surface area contributed by atoms with Crippen LogP contribution in [-0.4, -0.2) is 55.5 Å². The highest BCUT2D eigenvalue weighted by atomic mass is 16.6. The van der Waals surface area contributed by atoms with E-state index in [9.17, 15) is 4.79 Å². The smallest absolute Gasteiger partial charge is 0.410 e. The third-order valence-electron chi connectivity index (χ3n) is 4.05. The molecule has 2 atom stereocenters. The molecule has 1 saturated heterocycles. The summed E-state index contributed by atoms with van der Waals surface area (Å²) in [6.07, 6.45) is 7.89. The van der Waals surface area contributed by atoms with Crippen molar-refractivity contribution < 1.29 is 14.3 Å². The molecular formula is C17H30N2O3. The van der Waals surface area contributed by atoms with Crippen LogP contribution in [0.25, 0.3) is 0 Å². The van der Waals surface area contributed by atoms with Gasteiger partial charge in [-0.15, -0.1) is 0 Å². The van der Waals surface area contributed by atoms with Gasteiger partial charge in [-0.1, -0.05) is 12.2 Å². The fourth-order valence-corrected chi connectivity index (χ4v) is 2.88. The van der Waals surface area contributed by atoms with Gasteiger partial charge in [0.15, 0.2) is 0 Å². The SMILES string of the molecule is CC(C)(C)OC(=O)N1CCOCC1CNCC1CC=CCC1. The van der Waals surface area contributed by atoms with E-state index in [2.05, 4.69) is 17.5 Å². The first-order valence-electron chi connectivity index (χ1n) is 8.39. The van der Waals surface area contributed by atoms with E-state index in [1.54, 1.807) is 0 Å². The van der Waals surface area contributed by atoms with Crippen molar-refractivity contribution in [3.8, 4) is 0 Å². The third-order valence-corrected chi connectivity index (χ3v) is 4.05. The van der Waals surface area contributed by atoms with Crippen molar-refractivity contribution in [2.45, 2.75) is 51.7 Å². The second-order valence-electron chi connectivity index (χ2n) is 7.21. The van der Waals surface area contributed by atoms with Crippen LogP contribution >= 0.6 is 0 Å². The van der Waals surface area contributed by atoms with E-state index in [1.807, 2.05) is 25.7 Å². The van der Waals surface area contributed by atoms with Gasteiger partial charge in [0.2, 0.25) is 0 Å². The topological polar surface area (TPSA) is 50.8 Å². The van der Waals surface area contributed by atoms with Crippen LogP contribution in [-0.2, 0) is 9.47 Å². The molecule has 2 unspecified atom stereocenters. The first kappa shape index (κ1) is 17.3. The minimum Gasteiger partial charge on any atom is -0.444 e. The monoisotopic (exact) mass is 310 g/mol. The molecule has 2 rings (SSSR count). The van der Waals surface area contributed by atoms with Crippen LogP contribution in [0.4, 0.5) is 4.79 Å². The van der Waals surface area contributed by atoms with Crippen LogP contribution < -0.4 is 5.32 Å². The molecule has 5 nitrogen and oxygen atoms in total. The van der Waals surface area contributed by atoms with Crippen LogP contribution in [0.1, 0.15) is 40.0 Å². The van der Waals surface area contributed by atoms with Gasteiger partial charge in [0.05, 0.1) is 19.3 Å². The summed E-state index contributed by atoms with van der Waals surface area (Å²) in [5.41, 5.74) is -0.457. The molecule has 1 amide bonds. The number of nitrogens with zero attached hydrogens (tertiary/aromatic N) is 1. The lowest BCUT2D eigenvalue weighted by Gasteiger charge is -2.37. The molecule has 126 valence electrons. The summed E-state index contributed by atoms with van der Waals surface area (Å²) in [5, 5.41) is 3.51. The Morgan fingerprint density at radius 1 is 1.36 bits per heavy atom. The number of rotatable bonds is 4. The number of morpholine rings is 1. The normalized spacial score (nSPS) is 26.0. The summed E-state index contributed by atoms with van der Waals surface area (Å²) in [4.78, 5) is 14.1. The molecule has 2 aliphatic rings. The number of amides is 1. The van der Waals surface area contributed by atoms with Crippen molar-refractivity contribution in [1.29, 1.82) is 0 Å². The van der Waals surface area contributed by atoms with Crippen molar-refractivity contribution in [2.24, 2.45) is 5.92 Å². The first-order valence-corrected chi connectivity index (χ1v) is 8.39. The maximum Gasteiger partial charge on any atom is 0.410 e. The summed E-state index contributed by atoms with van der Waals surface area (Å²) >= 11 is 0. The van der Waals surface area contributed by atoms with Gasteiger partial charge in [-0.2, -0.15) is 0 Å². The zero-order valence-electron chi connectivity index (χ0n) is 14.1. The predicted octanol–water partition coefficient (Wildman–Crippen LogP) is 2.57. The summed E-state index contributed by atoms with van der Waals surface area (Å²) < 4.78 is 11.0. The standard InChI is InChI=1S/C17H30N2O3/c1-17(2,3)22-16(20)19-9-10-21-13-15(19)12-18-11-14-7-5-4-6-8-14/h4-5,14-15,18H,6-13H2,1-3H3. The van der Waals surface area contributed by atoms with Crippen molar-refractivity contribution in [3.63, 3.8) is 0 Å². The van der Waals surface area contributed by atoms with Gasteiger partial charge in [-0.25, -0.2) is 4.79 Å². The maximum atomic E-state index is 12.3. The quantitative estimate of drug-likeness (QED) is 0.811. The Bertz CT molecular complexity index is 390. The molecular weight excluding hydrogens is 280 g/mol. The molecule has 1 fully saturated rings. The lowest BCUT2D eigenvalue weighted by Crippen LogP contribution is -2.54. The van der Waals surface area contributed by atoms with Gasteiger partial charge < -0.3 is 14.8 Å². The fourth-order valence-electron chi connectivity index (χ4n) is 2.88. The van der Waals surface area contributed by atoms with Crippen LogP contribution in [0.2, 0.25) is 0 Å². The van der Waals surface area contributed by atoms with E-state index in [-0.39, 0.29) is 12.1 Å². The summed E-state index contributed by atoms with van der Waals surface area (Å²) in [6.45, 7) is 9.23. The number of allylic oxidation sites excluding steroid dienone is 2. The zero-order valence-corrected chi connectivity index (χ0v) is 14.1. The molecule has 22 heavy (non-hydrogen) atoms. The maximum absolute atomic E-state index is 12.3. The van der Waals surface area contributed by atoms with Crippen LogP contribution in [0.3, 0.4) is 0 Å². The number of ether oxygens (including phenoxy) is 2. The van der Waals surface area contributed by atoms with Gasteiger partial charge in [-0.3, -0.25) is 4.90 Å². The Morgan fingerprint density at radius 3 is 2.86 bits per heavy atom. The molecule has 1 aliphatic carbocycles.